The third-order valence-electron chi connectivity index (χ3n) is 3.71. The molecule has 1 unspecified atom stereocenters. The SMILES string of the molecule is Cc1c(NC(=O)C2(C)CCCN2)cccc1S(N)(=O)=O. The molecule has 20 heavy (non-hydrogen) atoms. The van der Waals surface area contributed by atoms with E-state index < -0.39 is 15.6 Å². The van der Waals surface area contributed by atoms with Crippen molar-refractivity contribution in [1.29, 1.82) is 0 Å². The number of carbonyl (C=O) groups excluding carboxylic acids is 1. The Bertz CT molecular complexity index is 634. The van der Waals surface area contributed by atoms with Crippen molar-refractivity contribution in [2.75, 3.05) is 11.9 Å². The monoisotopic (exact) mass is 297 g/mol. The molecule has 1 fully saturated rings. The molecular weight excluding hydrogens is 278 g/mol. The molecule has 0 spiro atoms. The van der Waals surface area contributed by atoms with Gasteiger partial charge in [-0.1, -0.05) is 6.07 Å². The van der Waals surface area contributed by atoms with Crippen molar-refractivity contribution in [1.82, 2.24) is 5.32 Å². The van der Waals surface area contributed by atoms with Crippen LogP contribution < -0.4 is 15.8 Å². The van der Waals surface area contributed by atoms with Crippen molar-refractivity contribution >= 4 is 21.6 Å². The molecule has 0 radical (unpaired) electrons. The van der Waals surface area contributed by atoms with E-state index in [0.29, 0.717) is 11.3 Å². The summed E-state index contributed by atoms with van der Waals surface area (Å²) in [5.41, 5.74) is 0.311. The van der Waals surface area contributed by atoms with Crippen molar-refractivity contribution in [3.05, 3.63) is 23.8 Å². The molecule has 110 valence electrons. The lowest BCUT2D eigenvalue weighted by molar-refractivity contribution is -0.121. The molecule has 0 bridgehead atoms. The number of sulfonamides is 1. The molecule has 1 aromatic rings. The Morgan fingerprint density at radius 2 is 2.15 bits per heavy atom. The van der Waals surface area contributed by atoms with Crippen LogP contribution >= 0.6 is 0 Å². The highest BCUT2D eigenvalue weighted by Gasteiger charge is 2.36. The number of primary sulfonamides is 1. The van der Waals surface area contributed by atoms with Crippen molar-refractivity contribution in [2.24, 2.45) is 5.14 Å². The molecule has 1 aromatic carbocycles. The third-order valence-corrected chi connectivity index (χ3v) is 4.76. The number of rotatable bonds is 3. The zero-order valence-corrected chi connectivity index (χ0v) is 12.4. The topological polar surface area (TPSA) is 101 Å². The number of nitrogens with two attached hydrogens (primary N) is 1. The van der Waals surface area contributed by atoms with Crippen LogP contribution in [0.15, 0.2) is 23.1 Å². The summed E-state index contributed by atoms with van der Waals surface area (Å²) >= 11 is 0. The predicted octanol–water partition coefficient (Wildman–Crippen LogP) is 0.723. The van der Waals surface area contributed by atoms with Crippen molar-refractivity contribution < 1.29 is 13.2 Å². The molecule has 0 aromatic heterocycles. The molecule has 6 nitrogen and oxygen atoms in total. The largest absolute Gasteiger partial charge is 0.324 e. The van der Waals surface area contributed by atoms with Crippen LogP contribution in [0.3, 0.4) is 0 Å². The number of hydrogen-bond acceptors (Lipinski definition) is 4. The van der Waals surface area contributed by atoms with E-state index >= 15 is 0 Å². The van der Waals surface area contributed by atoms with E-state index in [2.05, 4.69) is 10.6 Å². The van der Waals surface area contributed by atoms with Gasteiger partial charge in [0.05, 0.1) is 10.4 Å². The molecular formula is C13H19N3O3S. The van der Waals surface area contributed by atoms with Gasteiger partial charge in [-0.2, -0.15) is 0 Å². The first-order chi connectivity index (χ1) is 9.24. The van der Waals surface area contributed by atoms with Crippen molar-refractivity contribution in [3.63, 3.8) is 0 Å². The van der Waals surface area contributed by atoms with Crippen LogP contribution in [0.5, 0.6) is 0 Å². The van der Waals surface area contributed by atoms with Gasteiger partial charge in [0.15, 0.2) is 0 Å². The second-order valence-corrected chi connectivity index (χ2v) is 6.82. The van der Waals surface area contributed by atoms with Crippen molar-refractivity contribution in [3.8, 4) is 0 Å². The second kappa shape index (κ2) is 5.16. The Morgan fingerprint density at radius 3 is 2.70 bits per heavy atom. The molecule has 1 aliphatic rings. The second-order valence-electron chi connectivity index (χ2n) is 5.29. The zero-order valence-electron chi connectivity index (χ0n) is 11.6. The maximum atomic E-state index is 12.3. The average Bonchev–Trinajstić information content (AvgIpc) is 2.78. The van der Waals surface area contributed by atoms with Crippen molar-refractivity contribution in [2.45, 2.75) is 37.1 Å². The fourth-order valence-electron chi connectivity index (χ4n) is 2.41. The molecule has 0 aliphatic carbocycles. The fourth-order valence-corrected chi connectivity index (χ4v) is 3.21. The van der Waals surface area contributed by atoms with Gasteiger partial charge < -0.3 is 10.6 Å². The van der Waals surface area contributed by atoms with Gasteiger partial charge in [0.1, 0.15) is 0 Å². The summed E-state index contributed by atoms with van der Waals surface area (Å²) in [5.74, 6) is -0.162. The van der Waals surface area contributed by atoms with Crippen LogP contribution in [0.25, 0.3) is 0 Å². The fraction of sp³-hybridized carbons (Fsp3) is 0.462. The smallest absolute Gasteiger partial charge is 0.244 e. The van der Waals surface area contributed by atoms with Gasteiger partial charge in [-0.3, -0.25) is 4.79 Å². The Balaban J connectivity index is 2.29. The average molecular weight is 297 g/mol. The number of carbonyl (C=O) groups is 1. The van der Waals surface area contributed by atoms with E-state index in [4.69, 9.17) is 5.14 Å². The molecule has 1 aliphatic heterocycles. The first kappa shape index (κ1) is 15.0. The summed E-state index contributed by atoms with van der Waals surface area (Å²) < 4.78 is 22.9. The quantitative estimate of drug-likeness (QED) is 0.765. The van der Waals surface area contributed by atoms with E-state index in [1.54, 1.807) is 19.1 Å². The number of anilines is 1. The van der Waals surface area contributed by atoms with Gasteiger partial charge in [-0.15, -0.1) is 0 Å². The van der Waals surface area contributed by atoms with Gasteiger partial charge in [-0.05, 0) is 50.9 Å². The molecule has 0 saturated carbocycles. The standard InChI is InChI=1S/C13H19N3O3S/c1-9-10(5-3-6-11(9)20(14,18)19)16-12(17)13(2)7-4-8-15-13/h3,5-6,15H,4,7-8H2,1-2H3,(H,16,17)(H2,14,18,19). The molecule has 1 atom stereocenters. The van der Waals surface area contributed by atoms with Crippen LogP contribution in [-0.4, -0.2) is 26.4 Å². The summed E-state index contributed by atoms with van der Waals surface area (Å²) in [7, 11) is -3.79. The Hall–Kier alpha value is -1.44. The van der Waals surface area contributed by atoms with E-state index in [-0.39, 0.29) is 10.8 Å². The number of nitrogens with one attached hydrogen (secondary N) is 2. The first-order valence-electron chi connectivity index (χ1n) is 6.43. The van der Waals surface area contributed by atoms with Gasteiger partial charge in [-0.25, -0.2) is 13.6 Å². The summed E-state index contributed by atoms with van der Waals surface area (Å²) in [6, 6.07) is 4.66. The van der Waals surface area contributed by atoms with Crippen LogP contribution in [0.2, 0.25) is 0 Å². The highest BCUT2D eigenvalue weighted by atomic mass is 32.2. The van der Waals surface area contributed by atoms with E-state index in [1.165, 1.54) is 6.07 Å². The minimum atomic E-state index is -3.79. The normalized spacial score (nSPS) is 22.8. The number of hydrogen-bond donors (Lipinski definition) is 3. The highest BCUT2D eigenvalue weighted by molar-refractivity contribution is 7.89. The molecule has 4 N–H and O–H groups in total. The maximum Gasteiger partial charge on any atom is 0.244 e. The van der Waals surface area contributed by atoms with Gasteiger partial charge in [0.25, 0.3) is 0 Å². The molecule has 1 saturated heterocycles. The lowest BCUT2D eigenvalue weighted by Crippen LogP contribution is -2.48. The van der Waals surface area contributed by atoms with Crippen LogP contribution in [0.4, 0.5) is 5.69 Å². The van der Waals surface area contributed by atoms with Gasteiger partial charge in [0, 0.05) is 5.69 Å². The summed E-state index contributed by atoms with van der Waals surface area (Å²) in [6.07, 6.45) is 1.70. The Morgan fingerprint density at radius 1 is 1.45 bits per heavy atom. The highest BCUT2D eigenvalue weighted by Crippen LogP contribution is 2.25. The minimum absolute atomic E-state index is 0.0276. The lowest BCUT2D eigenvalue weighted by Gasteiger charge is -2.23. The Kier molecular flexibility index (Phi) is 3.86. The van der Waals surface area contributed by atoms with Crippen LogP contribution in [0.1, 0.15) is 25.3 Å². The number of benzene rings is 1. The maximum absolute atomic E-state index is 12.3. The van der Waals surface area contributed by atoms with E-state index in [0.717, 1.165) is 19.4 Å². The molecule has 7 heteroatoms. The molecule has 2 rings (SSSR count). The predicted molar refractivity (Wildman–Crippen MR) is 76.8 cm³/mol. The first-order valence-corrected chi connectivity index (χ1v) is 7.97. The van der Waals surface area contributed by atoms with E-state index in [1.807, 2.05) is 6.92 Å². The minimum Gasteiger partial charge on any atom is -0.324 e. The van der Waals surface area contributed by atoms with Crippen LogP contribution in [0, 0.1) is 6.92 Å². The van der Waals surface area contributed by atoms with Gasteiger partial charge >= 0.3 is 0 Å². The lowest BCUT2D eigenvalue weighted by atomic mass is 9.99. The zero-order chi connectivity index (χ0) is 15.0. The molecule has 1 amide bonds. The van der Waals surface area contributed by atoms with Crippen LogP contribution in [-0.2, 0) is 14.8 Å². The summed E-state index contributed by atoms with van der Waals surface area (Å²) in [5, 5.41) is 11.1. The Labute approximate surface area is 118 Å². The summed E-state index contributed by atoms with van der Waals surface area (Å²) in [6.45, 7) is 4.27. The van der Waals surface area contributed by atoms with E-state index in [9.17, 15) is 13.2 Å². The number of amides is 1. The third kappa shape index (κ3) is 2.84. The summed E-state index contributed by atoms with van der Waals surface area (Å²) in [4.78, 5) is 12.3. The van der Waals surface area contributed by atoms with Gasteiger partial charge in [0.2, 0.25) is 15.9 Å². The molecule has 1 heterocycles.